The number of imidazole rings is 1. The lowest BCUT2D eigenvalue weighted by atomic mass is 9.84. The summed E-state index contributed by atoms with van der Waals surface area (Å²) >= 11 is 6.16. The standard InChI is InChI=1S/C29H28ClN5O3/c30-24-10-7-20(8-11-24)28-26(19-32-13-15-33(16-14-32)29(36)21-3-1-4-21)34-18-23(9-12-27(34)31-28)22-5-2-6-25(17-22)35(37)38/h2,5-12,17-18,21H,1,3-4,13-16,19H2. The number of fused-ring (bicyclic) bond motifs is 1. The van der Waals surface area contributed by atoms with Crippen LogP contribution < -0.4 is 0 Å². The number of non-ortho nitro benzene ring substituents is 1. The van der Waals surface area contributed by atoms with Crippen molar-refractivity contribution in [2.24, 2.45) is 5.92 Å². The minimum Gasteiger partial charge on any atom is -0.340 e. The van der Waals surface area contributed by atoms with Crippen molar-refractivity contribution in [3.63, 3.8) is 0 Å². The van der Waals surface area contributed by atoms with Gasteiger partial charge in [-0.25, -0.2) is 4.98 Å². The number of amides is 1. The lowest BCUT2D eigenvalue weighted by Gasteiger charge is -2.38. The first-order chi connectivity index (χ1) is 18.5. The van der Waals surface area contributed by atoms with Crippen LogP contribution in [0.15, 0.2) is 66.9 Å². The van der Waals surface area contributed by atoms with Gasteiger partial charge in [0.1, 0.15) is 5.65 Å². The molecule has 194 valence electrons. The predicted molar refractivity (Wildman–Crippen MR) is 147 cm³/mol. The van der Waals surface area contributed by atoms with Gasteiger partial charge in [0.15, 0.2) is 0 Å². The molecule has 0 spiro atoms. The molecule has 1 aliphatic heterocycles. The first-order valence-electron chi connectivity index (χ1n) is 13.0. The maximum Gasteiger partial charge on any atom is 0.270 e. The Hall–Kier alpha value is -3.75. The SMILES string of the molecule is O=C(C1CCC1)N1CCN(Cc2c(-c3ccc(Cl)cc3)nc3ccc(-c4cccc([N+](=O)[O-])c4)cn23)CC1. The topological polar surface area (TPSA) is 84.0 Å². The smallest absolute Gasteiger partial charge is 0.270 e. The Morgan fingerprint density at radius 2 is 1.71 bits per heavy atom. The van der Waals surface area contributed by atoms with E-state index >= 15 is 0 Å². The van der Waals surface area contributed by atoms with Crippen LogP contribution in [0.2, 0.25) is 5.02 Å². The number of hydrogen-bond acceptors (Lipinski definition) is 5. The quantitative estimate of drug-likeness (QED) is 0.237. The number of nitro groups is 1. The third kappa shape index (κ3) is 4.77. The molecule has 1 saturated carbocycles. The third-order valence-corrected chi connectivity index (χ3v) is 7.99. The number of aromatic nitrogens is 2. The van der Waals surface area contributed by atoms with Gasteiger partial charge in [0, 0.05) is 67.6 Å². The number of carbonyl (C=O) groups is 1. The van der Waals surface area contributed by atoms with Crippen molar-refractivity contribution in [2.45, 2.75) is 25.8 Å². The summed E-state index contributed by atoms with van der Waals surface area (Å²) in [5.74, 6) is 0.540. The highest BCUT2D eigenvalue weighted by Gasteiger charge is 2.31. The number of benzene rings is 2. The number of hydrogen-bond donors (Lipinski definition) is 0. The van der Waals surface area contributed by atoms with Gasteiger partial charge in [0.25, 0.3) is 5.69 Å². The van der Waals surface area contributed by atoms with E-state index in [2.05, 4.69) is 9.30 Å². The average Bonchev–Trinajstić information content (AvgIpc) is 3.26. The highest BCUT2D eigenvalue weighted by Crippen LogP contribution is 2.31. The zero-order valence-electron chi connectivity index (χ0n) is 20.9. The Balaban J connectivity index is 1.33. The molecule has 38 heavy (non-hydrogen) atoms. The monoisotopic (exact) mass is 529 g/mol. The molecule has 8 nitrogen and oxygen atoms in total. The number of carbonyl (C=O) groups excluding carboxylic acids is 1. The number of halogens is 1. The Labute approximate surface area is 225 Å². The molecule has 4 aromatic rings. The number of rotatable bonds is 6. The number of piperazine rings is 1. The van der Waals surface area contributed by atoms with Crippen molar-refractivity contribution in [1.82, 2.24) is 19.2 Å². The van der Waals surface area contributed by atoms with Crippen molar-refractivity contribution in [2.75, 3.05) is 26.2 Å². The normalized spacial score (nSPS) is 16.5. The molecule has 3 heterocycles. The van der Waals surface area contributed by atoms with Crippen LogP contribution in [-0.4, -0.2) is 56.2 Å². The second-order valence-corrected chi connectivity index (χ2v) is 10.5. The number of nitrogens with zero attached hydrogens (tertiary/aromatic N) is 5. The van der Waals surface area contributed by atoms with E-state index in [4.69, 9.17) is 16.6 Å². The molecule has 0 atom stereocenters. The highest BCUT2D eigenvalue weighted by molar-refractivity contribution is 6.30. The molecule has 2 aliphatic rings. The van der Waals surface area contributed by atoms with Gasteiger partial charge < -0.3 is 9.30 Å². The van der Waals surface area contributed by atoms with Crippen molar-refractivity contribution in [3.8, 4) is 22.4 Å². The van der Waals surface area contributed by atoms with Gasteiger partial charge in [-0.1, -0.05) is 42.3 Å². The summed E-state index contributed by atoms with van der Waals surface area (Å²) in [6.07, 6.45) is 5.22. The van der Waals surface area contributed by atoms with E-state index in [1.807, 2.05) is 53.6 Å². The zero-order valence-corrected chi connectivity index (χ0v) is 21.7. The van der Waals surface area contributed by atoms with Crippen LogP contribution in [0, 0.1) is 16.0 Å². The minimum absolute atomic E-state index is 0.0598. The van der Waals surface area contributed by atoms with E-state index in [-0.39, 0.29) is 16.5 Å². The van der Waals surface area contributed by atoms with Gasteiger partial charge in [-0.05, 0) is 48.2 Å². The molecule has 2 aromatic heterocycles. The Morgan fingerprint density at radius 3 is 2.39 bits per heavy atom. The first-order valence-corrected chi connectivity index (χ1v) is 13.4. The fourth-order valence-electron chi connectivity index (χ4n) is 5.30. The van der Waals surface area contributed by atoms with Crippen LogP contribution in [-0.2, 0) is 11.3 Å². The van der Waals surface area contributed by atoms with Crippen LogP contribution >= 0.6 is 11.6 Å². The van der Waals surface area contributed by atoms with E-state index in [1.165, 1.54) is 6.07 Å². The van der Waals surface area contributed by atoms with Crippen LogP contribution in [0.4, 0.5) is 5.69 Å². The van der Waals surface area contributed by atoms with E-state index in [1.54, 1.807) is 12.1 Å². The Kier molecular flexibility index (Phi) is 6.59. The minimum atomic E-state index is -0.376. The largest absolute Gasteiger partial charge is 0.340 e. The molecular weight excluding hydrogens is 502 g/mol. The molecule has 9 heteroatoms. The fourth-order valence-corrected chi connectivity index (χ4v) is 5.43. The van der Waals surface area contributed by atoms with Crippen LogP contribution in [0.25, 0.3) is 28.0 Å². The first kappa shape index (κ1) is 24.6. The molecule has 1 aliphatic carbocycles. The fraction of sp³-hybridized carbons (Fsp3) is 0.310. The third-order valence-electron chi connectivity index (χ3n) is 7.74. The van der Waals surface area contributed by atoms with Gasteiger partial charge in [-0.2, -0.15) is 0 Å². The molecular formula is C29H28ClN5O3. The average molecular weight is 530 g/mol. The van der Waals surface area contributed by atoms with Crippen LogP contribution in [0.1, 0.15) is 25.0 Å². The Morgan fingerprint density at radius 1 is 0.974 bits per heavy atom. The van der Waals surface area contributed by atoms with Crippen LogP contribution in [0.5, 0.6) is 0 Å². The molecule has 1 amide bonds. The van der Waals surface area contributed by atoms with E-state index in [0.717, 1.165) is 79.2 Å². The molecule has 0 radical (unpaired) electrons. The van der Waals surface area contributed by atoms with Crippen molar-refractivity contribution in [3.05, 3.63) is 87.7 Å². The van der Waals surface area contributed by atoms with Gasteiger partial charge in [0.2, 0.25) is 5.91 Å². The van der Waals surface area contributed by atoms with Crippen molar-refractivity contribution >= 4 is 28.8 Å². The summed E-state index contributed by atoms with van der Waals surface area (Å²) in [6.45, 7) is 3.75. The summed E-state index contributed by atoms with van der Waals surface area (Å²) in [4.78, 5) is 33.0. The van der Waals surface area contributed by atoms with Gasteiger partial charge >= 0.3 is 0 Å². The molecule has 1 saturated heterocycles. The number of nitro benzene ring substituents is 1. The lowest BCUT2D eigenvalue weighted by molar-refractivity contribution is -0.384. The van der Waals surface area contributed by atoms with Crippen LogP contribution in [0.3, 0.4) is 0 Å². The molecule has 0 N–H and O–H groups in total. The molecule has 2 aromatic carbocycles. The summed E-state index contributed by atoms with van der Waals surface area (Å²) in [5.41, 5.74) is 5.40. The maximum atomic E-state index is 12.7. The van der Waals surface area contributed by atoms with Crippen molar-refractivity contribution < 1.29 is 9.72 Å². The summed E-state index contributed by atoms with van der Waals surface area (Å²) in [5, 5.41) is 12.0. The maximum absolute atomic E-state index is 12.7. The summed E-state index contributed by atoms with van der Waals surface area (Å²) in [6, 6.07) is 18.3. The molecule has 0 bridgehead atoms. The van der Waals surface area contributed by atoms with Crippen molar-refractivity contribution in [1.29, 1.82) is 0 Å². The molecule has 2 fully saturated rings. The second kappa shape index (κ2) is 10.2. The van der Waals surface area contributed by atoms with E-state index in [0.29, 0.717) is 17.5 Å². The van der Waals surface area contributed by atoms with Gasteiger partial charge in [-0.3, -0.25) is 19.8 Å². The Bertz CT molecular complexity index is 1500. The second-order valence-electron chi connectivity index (χ2n) is 10.1. The highest BCUT2D eigenvalue weighted by atomic mass is 35.5. The molecule has 6 rings (SSSR count). The summed E-state index contributed by atoms with van der Waals surface area (Å²) < 4.78 is 2.09. The van der Waals surface area contributed by atoms with E-state index in [9.17, 15) is 14.9 Å². The van der Waals surface area contributed by atoms with Gasteiger partial charge in [-0.15, -0.1) is 0 Å². The number of pyridine rings is 1. The van der Waals surface area contributed by atoms with Gasteiger partial charge in [0.05, 0.1) is 16.3 Å². The van der Waals surface area contributed by atoms with E-state index < -0.39 is 0 Å². The zero-order chi connectivity index (χ0) is 26.2. The predicted octanol–water partition coefficient (Wildman–Crippen LogP) is 5.67. The molecule has 0 unspecified atom stereocenters. The lowest BCUT2D eigenvalue weighted by Crippen LogP contribution is -2.50. The summed E-state index contributed by atoms with van der Waals surface area (Å²) in [7, 11) is 0.